The van der Waals surface area contributed by atoms with Crippen molar-refractivity contribution in [3.8, 4) is 0 Å². The zero-order valence-electron chi connectivity index (χ0n) is 10.6. The fourth-order valence-electron chi connectivity index (χ4n) is 2.36. The predicted octanol–water partition coefficient (Wildman–Crippen LogP) is 3.64. The van der Waals surface area contributed by atoms with Crippen LogP contribution in [0, 0.1) is 0 Å². The molecule has 102 valence electrons. The molecule has 3 rings (SSSR count). The number of hydroxylamine groups is 2. The van der Waals surface area contributed by atoms with E-state index in [1.165, 1.54) is 5.06 Å². The van der Waals surface area contributed by atoms with Crippen LogP contribution in [0.2, 0.25) is 10.0 Å². The molecule has 1 amide bonds. The number of halogens is 2. The van der Waals surface area contributed by atoms with E-state index in [1.54, 1.807) is 55.6 Å². The average Bonchev–Trinajstić information content (AvgIpc) is 2.46. The number of hydrogen-bond acceptors (Lipinski definition) is 2. The summed E-state index contributed by atoms with van der Waals surface area (Å²) in [5, 5.41) is 2.45. The molecule has 1 saturated heterocycles. The number of likely N-dealkylation sites (N-methyl/N-ethyl adjacent to an activating group) is 1. The predicted molar refractivity (Wildman–Crippen MR) is 77.5 cm³/mol. The summed E-state index contributed by atoms with van der Waals surface area (Å²) >= 11 is 11.8. The van der Waals surface area contributed by atoms with Crippen molar-refractivity contribution in [2.75, 3.05) is 7.05 Å². The van der Waals surface area contributed by atoms with Crippen LogP contribution in [0.5, 0.6) is 0 Å². The molecular weight excluding hydrogens is 297 g/mol. The number of rotatable bonds is 2. The Kier molecular flexibility index (Phi) is 3.21. The molecule has 20 heavy (non-hydrogen) atoms. The van der Waals surface area contributed by atoms with Gasteiger partial charge < -0.3 is 0 Å². The lowest BCUT2D eigenvalue weighted by Gasteiger charge is -2.46. The highest BCUT2D eigenvalue weighted by molar-refractivity contribution is 6.30. The second-order valence-electron chi connectivity index (χ2n) is 4.59. The van der Waals surface area contributed by atoms with Crippen LogP contribution in [-0.4, -0.2) is 18.0 Å². The van der Waals surface area contributed by atoms with Gasteiger partial charge in [-0.15, -0.1) is 0 Å². The van der Waals surface area contributed by atoms with E-state index in [1.807, 2.05) is 0 Å². The van der Waals surface area contributed by atoms with Crippen LogP contribution in [0.4, 0.5) is 0 Å². The van der Waals surface area contributed by atoms with E-state index < -0.39 is 5.60 Å². The Morgan fingerprint density at radius 3 is 1.60 bits per heavy atom. The van der Waals surface area contributed by atoms with Gasteiger partial charge in [-0.25, -0.2) is 9.90 Å². The molecule has 0 aromatic heterocycles. The van der Waals surface area contributed by atoms with Crippen LogP contribution in [0.1, 0.15) is 11.1 Å². The van der Waals surface area contributed by atoms with Gasteiger partial charge in [0.2, 0.25) is 5.60 Å². The summed E-state index contributed by atoms with van der Waals surface area (Å²) in [7, 11) is 1.59. The minimum atomic E-state index is -1.11. The van der Waals surface area contributed by atoms with E-state index in [-0.39, 0.29) is 5.91 Å². The number of nitrogens with zero attached hydrogens (tertiary/aromatic N) is 1. The first-order chi connectivity index (χ1) is 9.54. The minimum Gasteiger partial charge on any atom is -0.268 e. The second kappa shape index (κ2) is 4.77. The first-order valence-corrected chi connectivity index (χ1v) is 6.79. The number of carbonyl (C=O) groups is 1. The molecule has 5 heteroatoms. The summed E-state index contributed by atoms with van der Waals surface area (Å²) in [5.74, 6) is -0.123. The number of amides is 1. The average molecular weight is 308 g/mol. The first kappa shape index (κ1) is 13.4. The number of hydrogen-bond donors (Lipinski definition) is 0. The van der Waals surface area contributed by atoms with Crippen molar-refractivity contribution in [3.63, 3.8) is 0 Å². The largest absolute Gasteiger partial charge is 0.290 e. The van der Waals surface area contributed by atoms with Crippen molar-refractivity contribution >= 4 is 29.1 Å². The summed E-state index contributed by atoms with van der Waals surface area (Å²) < 4.78 is 0. The van der Waals surface area contributed by atoms with Crippen molar-refractivity contribution < 1.29 is 9.63 Å². The van der Waals surface area contributed by atoms with E-state index in [0.29, 0.717) is 10.0 Å². The zero-order chi connectivity index (χ0) is 14.3. The highest BCUT2D eigenvalue weighted by atomic mass is 35.5. The summed E-state index contributed by atoms with van der Waals surface area (Å²) in [6.07, 6.45) is 0. The summed E-state index contributed by atoms with van der Waals surface area (Å²) in [6, 6.07) is 14.1. The standard InChI is InChI=1S/C15H11Cl2NO2/c1-18-14(19)15(20-18,10-2-6-12(16)7-3-10)11-4-8-13(17)9-5-11/h2-9H,1H3. The van der Waals surface area contributed by atoms with Crippen LogP contribution < -0.4 is 0 Å². The van der Waals surface area contributed by atoms with Crippen molar-refractivity contribution in [1.82, 2.24) is 5.06 Å². The molecule has 0 bridgehead atoms. The molecule has 2 aromatic carbocycles. The Morgan fingerprint density at radius 1 is 0.900 bits per heavy atom. The van der Waals surface area contributed by atoms with E-state index in [0.717, 1.165) is 11.1 Å². The first-order valence-electron chi connectivity index (χ1n) is 6.03. The van der Waals surface area contributed by atoms with Gasteiger partial charge in [0.1, 0.15) is 0 Å². The van der Waals surface area contributed by atoms with Crippen LogP contribution >= 0.6 is 23.2 Å². The van der Waals surface area contributed by atoms with Gasteiger partial charge in [-0.05, 0) is 24.3 Å². The minimum absolute atomic E-state index is 0.123. The van der Waals surface area contributed by atoms with Gasteiger partial charge in [0.05, 0.1) is 0 Å². The lowest BCUT2D eigenvalue weighted by atomic mass is 9.83. The normalized spacial score (nSPS) is 16.9. The Morgan fingerprint density at radius 2 is 1.30 bits per heavy atom. The third-order valence-electron chi connectivity index (χ3n) is 3.36. The van der Waals surface area contributed by atoms with E-state index >= 15 is 0 Å². The zero-order valence-corrected chi connectivity index (χ0v) is 12.2. The quantitative estimate of drug-likeness (QED) is 0.847. The molecule has 0 aliphatic carbocycles. The van der Waals surface area contributed by atoms with Crippen molar-refractivity contribution in [2.24, 2.45) is 0 Å². The maximum atomic E-state index is 12.4. The Bertz CT molecular complexity index is 607. The molecular formula is C15H11Cl2NO2. The summed E-state index contributed by atoms with van der Waals surface area (Å²) in [6.45, 7) is 0. The van der Waals surface area contributed by atoms with Gasteiger partial charge in [0.15, 0.2) is 0 Å². The molecule has 3 nitrogen and oxygen atoms in total. The smallest absolute Gasteiger partial charge is 0.268 e. The molecule has 0 atom stereocenters. The van der Waals surface area contributed by atoms with Gasteiger partial charge in [-0.2, -0.15) is 0 Å². The van der Waals surface area contributed by atoms with Gasteiger partial charge >= 0.3 is 0 Å². The van der Waals surface area contributed by atoms with E-state index in [4.69, 9.17) is 28.0 Å². The fraction of sp³-hybridized carbons (Fsp3) is 0.133. The third kappa shape index (κ3) is 1.90. The van der Waals surface area contributed by atoms with Gasteiger partial charge in [-0.1, -0.05) is 47.5 Å². The molecule has 2 aromatic rings. The molecule has 1 aliphatic heterocycles. The monoisotopic (exact) mass is 307 g/mol. The molecule has 1 aliphatic rings. The molecule has 1 fully saturated rings. The highest BCUT2D eigenvalue weighted by Gasteiger charge is 2.55. The molecule has 0 radical (unpaired) electrons. The Labute approximate surface area is 126 Å². The molecule has 0 unspecified atom stereocenters. The van der Waals surface area contributed by atoms with E-state index in [2.05, 4.69) is 0 Å². The SMILES string of the molecule is CN1OC(c2ccc(Cl)cc2)(c2ccc(Cl)cc2)C1=O. The van der Waals surface area contributed by atoms with Crippen LogP contribution in [0.15, 0.2) is 48.5 Å². The lowest BCUT2D eigenvalue weighted by molar-refractivity contribution is -0.290. The maximum absolute atomic E-state index is 12.4. The Balaban J connectivity index is 2.13. The Hall–Kier alpha value is -1.55. The van der Waals surface area contributed by atoms with Gasteiger partial charge in [0.25, 0.3) is 5.91 Å². The topological polar surface area (TPSA) is 29.5 Å². The third-order valence-corrected chi connectivity index (χ3v) is 3.87. The molecule has 0 saturated carbocycles. The summed E-state index contributed by atoms with van der Waals surface area (Å²) in [5.41, 5.74) is 0.379. The van der Waals surface area contributed by atoms with Crippen molar-refractivity contribution in [1.29, 1.82) is 0 Å². The van der Waals surface area contributed by atoms with Crippen molar-refractivity contribution in [2.45, 2.75) is 5.60 Å². The second-order valence-corrected chi connectivity index (χ2v) is 5.46. The number of benzene rings is 2. The van der Waals surface area contributed by atoms with Crippen molar-refractivity contribution in [3.05, 3.63) is 69.7 Å². The highest BCUT2D eigenvalue weighted by Crippen LogP contribution is 2.43. The summed E-state index contributed by atoms with van der Waals surface area (Å²) in [4.78, 5) is 18.1. The van der Waals surface area contributed by atoms with Crippen LogP contribution in [-0.2, 0) is 15.2 Å². The van der Waals surface area contributed by atoms with Gasteiger partial charge in [-0.3, -0.25) is 4.79 Å². The van der Waals surface area contributed by atoms with Crippen LogP contribution in [0.25, 0.3) is 0 Å². The van der Waals surface area contributed by atoms with Gasteiger partial charge in [0, 0.05) is 28.2 Å². The van der Waals surface area contributed by atoms with E-state index in [9.17, 15) is 4.79 Å². The molecule has 0 N–H and O–H groups in total. The lowest BCUT2D eigenvalue weighted by Crippen LogP contribution is -2.61. The molecule has 1 heterocycles. The fourth-order valence-corrected chi connectivity index (χ4v) is 2.61. The maximum Gasteiger partial charge on any atom is 0.290 e. The van der Waals surface area contributed by atoms with Crippen LogP contribution in [0.3, 0.4) is 0 Å². The molecule has 0 spiro atoms. The number of carbonyl (C=O) groups excluding carboxylic acids is 1.